The molecular weight excluding hydrogens is 314 g/mol. The van der Waals surface area contributed by atoms with Gasteiger partial charge in [0.25, 0.3) is 0 Å². The summed E-state index contributed by atoms with van der Waals surface area (Å²) in [6, 6.07) is 9.63. The van der Waals surface area contributed by atoms with Crippen LogP contribution < -0.4 is 5.32 Å². The molecule has 0 spiro atoms. The number of amides is 1. The first-order chi connectivity index (χ1) is 11.1. The summed E-state index contributed by atoms with van der Waals surface area (Å²) >= 11 is 1.30. The summed E-state index contributed by atoms with van der Waals surface area (Å²) in [4.78, 5) is 11.9. The highest BCUT2D eigenvalue weighted by Gasteiger charge is 2.11. The average molecular weight is 329 g/mol. The molecule has 1 amide bonds. The van der Waals surface area contributed by atoms with Gasteiger partial charge in [-0.2, -0.15) is 0 Å². The smallest absolute Gasteiger partial charge is 0.237 e. The standard InChI is InChI=1S/C15H15N5O2S/c1-10-3-5-11(6-4-10)12-7-14(22-19-12)17-13(21)8-23-15-18-16-9-20(15)2/h3-7,9H,8H2,1-2H3,(H,17,21). The van der Waals surface area contributed by atoms with Crippen molar-refractivity contribution in [1.82, 2.24) is 19.9 Å². The van der Waals surface area contributed by atoms with Crippen LogP contribution in [0.4, 0.5) is 5.88 Å². The van der Waals surface area contributed by atoms with Crippen LogP contribution in [0.3, 0.4) is 0 Å². The van der Waals surface area contributed by atoms with E-state index in [4.69, 9.17) is 4.52 Å². The Kier molecular flexibility index (Phi) is 4.42. The van der Waals surface area contributed by atoms with Gasteiger partial charge in [-0.25, -0.2) is 0 Å². The summed E-state index contributed by atoms with van der Waals surface area (Å²) in [5, 5.41) is 15.0. The van der Waals surface area contributed by atoms with E-state index in [9.17, 15) is 4.79 Å². The topological polar surface area (TPSA) is 85.8 Å². The second kappa shape index (κ2) is 6.66. The van der Waals surface area contributed by atoms with E-state index < -0.39 is 0 Å². The van der Waals surface area contributed by atoms with Gasteiger partial charge in [0, 0.05) is 18.7 Å². The number of nitrogens with zero attached hydrogens (tertiary/aromatic N) is 4. The number of carbonyl (C=O) groups is 1. The van der Waals surface area contributed by atoms with E-state index in [1.807, 2.05) is 38.2 Å². The van der Waals surface area contributed by atoms with Crippen LogP contribution >= 0.6 is 11.8 Å². The molecule has 3 rings (SSSR count). The van der Waals surface area contributed by atoms with Crippen LogP contribution in [-0.2, 0) is 11.8 Å². The predicted molar refractivity (Wildman–Crippen MR) is 87.0 cm³/mol. The van der Waals surface area contributed by atoms with Crippen molar-refractivity contribution >= 4 is 23.6 Å². The Balaban J connectivity index is 1.59. The number of aryl methyl sites for hydroxylation is 2. The van der Waals surface area contributed by atoms with Crippen molar-refractivity contribution in [3.63, 3.8) is 0 Å². The van der Waals surface area contributed by atoms with E-state index >= 15 is 0 Å². The Morgan fingerprint density at radius 1 is 1.35 bits per heavy atom. The molecule has 0 atom stereocenters. The summed E-state index contributed by atoms with van der Waals surface area (Å²) in [7, 11) is 1.82. The molecule has 0 fully saturated rings. The van der Waals surface area contributed by atoms with E-state index in [1.165, 1.54) is 17.3 Å². The zero-order chi connectivity index (χ0) is 16.2. The van der Waals surface area contributed by atoms with Gasteiger partial charge in [0.2, 0.25) is 11.8 Å². The van der Waals surface area contributed by atoms with Crippen LogP contribution in [0.5, 0.6) is 0 Å². The van der Waals surface area contributed by atoms with Crippen molar-refractivity contribution in [3.8, 4) is 11.3 Å². The monoisotopic (exact) mass is 329 g/mol. The normalized spacial score (nSPS) is 10.7. The van der Waals surface area contributed by atoms with Gasteiger partial charge >= 0.3 is 0 Å². The van der Waals surface area contributed by atoms with E-state index in [2.05, 4.69) is 20.7 Å². The lowest BCUT2D eigenvalue weighted by atomic mass is 10.1. The first-order valence-corrected chi connectivity index (χ1v) is 7.91. The minimum absolute atomic E-state index is 0.190. The van der Waals surface area contributed by atoms with Gasteiger partial charge in [0.15, 0.2) is 5.16 Å². The Morgan fingerprint density at radius 2 is 2.13 bits per heavy atom. The molecule has 118 valence electrons. The number of hydrogen-bond acceptors (Lipinski definition) is 6. The van der Waals surface area contributed by atoms with Crippen molar-refractivity contribution in [1.29, 1.82) is 0 Å². The minimum atomic E-state index is -0.190. The van der Waals surface area contributed by atoms with E-state index in [1.54, 1.807) is 17.0 Å². The maximum absolute atomic E-state index is 11.9. The van der Waals surface area contributed by atoms with Crippen LogP contribution in [0.15, 0.2) is 46.3 Å². The molecule has 0 saturated carbocycles. The SMILES string of the molecule is Cc1ccc(-c2cc(NC(=O)CSc3nncn3C)on2)cc1. The zero-order valence-electron chi connectivity index (χ0n) is 12.7. The van der Waals surface area contributed by atoms with Gasteiger partial charge in [-0.1, -0.05) is 46.7 Å². The van der Waals surface area contributed by atoms with Crippen LogP contribution in [0.25, 0.3) is 11.3 Å². The number of nitrogens with one attached hydrogen (secondary N) is 1. The summed E-state index contributed by atoms with van der Waals surface area (Å²) in [5.74, 6) is 0.348. The van der Waals surface area contributed by atoms with E-state index in [0.717, 1.165) is 5.56 Å². The largest absolute Gasteiger partial charge is 0.338 e. The summed E-state index contributed by atoms with van der Waals surface area (Å²) < 4.78 is 6.91. The lowest BCUT2D eigenvalue weighted by Gasteiger charge is -2.00. The van der Waals surface area contributed by atoms with Crippen LogP contribution in [-0.4, -0.2) is 31.6 Å². The van der Waals surface area contributed by atoms with Crippen molar-refractivity contribution in [3.05, 3.63) is 42.2 Å². The van der Waals surface area contributed by atoms with E-state index in [0.29, 0.717) is 16.7 Å². The van der Waals surface area contributed by atoms with Gasteiger partial charge in [-0.15, -0.1) is 10.2 Å². The number of anilines is 1. The molecule has 23 heavy (non-hydrogen) atoms. The highest BCUT2D eigenvalue weighted by atomic mass is 32.2. The molecule has 2 aromatic heterocycles. The fraction of sp³-hybridized carbons (Fsp3) is 0.200. The van der Waals surface area contributed by atoms with E-state index in [-0.39, 0.29) is 11.7 Å². The van der Waals surface area contributed by atoms with Gasteiger partial charge in [-0.3, -0.25) is 10.1 Å². The number of rotatable bonds is 5. The highest BCUT2D eigenvalue weighted by Crippen LogP contribution is 2.22. The predicted octanol–water partition coefficient (Wildman–Crippen LogP) is 2.51. The molecule has 3 aromatic rings. The van der Waals surface area contributed by atoms with Gasteiger partial charge in [0.05, 0.1) is 5.75 Å². The van der Waals surface area contributed by atoms with Crippen molar-refractivity contribution < 1.29 is 9.32 Å². The quantitative estimate of drug-likeness (QED) is 0.724. The maximum atomic E-state index is 11.9. The third-order valence-corrected chi connectivity index (χ3v) is 4.16. The van der Waals surface area contributed by atoms with Gasteiger partial charge in [-0.05, 0) is 6.92 Å². The average Bonchev–Trinajstić information content (AvgIpc) is 3.15. The molecular formula is C15H15N5O2S. The molecule has 0 bridgehead atoms. The highest BCUT2D eigenvalue weighted by molar-refractivity contribution is 7.99. The first-order valence-electron chi connectivity index (χ1n) is 6.92. The molecule has 0 aliphatic rings. The molecule has 0 unspecified atom stereocenters. The maximum Gasteiger partial charge on any atom is 0.237 e. The molecule has 0 radical (unpaired) electrons. The molecule has 0 aliphatic carbocycles. The summed E-state index contributed by atoms with van der Waals surface area (Å²) in [6.45, 7) is 2.02. The van der Waals surface area contributed by atoms with Crippen molar-refractivity contribution in [2.24, 2.45) is 7.05 Å². The third-order valence-electron chi connectivity index (χ3n) is 3.12. The van der Waals surface area contributed by atoms with Crippen molar-refractivity contribution in [2.75, 3.05) is 11.1 Å². The Bertz CT molecular complexity index is 809. The van der Waals surface area contributed by atoms with Gasteiger partial charge in [0.1, 0.15) is 12.0 Å². The fourth-order valence-corrected chi connectivity index (χ4v) is 2.59. The molecule has 0 aliphatic heterocycles. The second-order valence-corrected chi connectivity index (χ2v) is 5.95. The molecule has 0 saturated heterocycles. The zero-order valence-corrected chi connectivity index (χ0v) is 13.5. The number of carbonyl (C=O) groups excluding carboxylic acids is 1. The third kappa shape index (κ3) is 3.78. The van der Waals surface area contributed by atoms with Crippen LogP contribution in [0.1, 0.15) is 5.56 Å². The van der Waals surface area contributed by atoms with Crippen LogP contribution in [0.2, 0.25) is 0 Å². The Hall–Kier alpha value is -2.61. The molecule has 8 heteroatoms. The Labute approximate surface area is 137 Å². The first kappa shape index (κ1) is 15.3. The van der Waals surface area contributed by atoms with Gasteiger partial charge < -0.3 is 9.09 Å². The second-order valence-electron chi connectivity index (χ2n) is 5.00. The summed E-state index contributed by atoms with van der Waals surface area (Å²) in [6.07, 6.45) is 1.59. The fourth-order valence-electron chi connectivity index (χ4n) is 1.90. The number of hydrogen-bond donors (Lipinski definition) is 1. The van der Waals surface area contributed by atoms with Crippen molar-refractivity contribution in [2.45, 2.75) is 12.1 Å². The summed E-state index contributed by atoms with van der Waals surface area (Å²) in [5.41, 5.74) is 2.79. The number of benzene rings is 1. The molecule has 7 nitrogen and oxygen atoms in total. The minimum Gasteiger partial charge on any atom is -0.338 e. The molecule has 2 heterocycles. The lowest BCUT2D eigenvalue weighted by Crippen LogP contribution is -2.13. The molecule has 1 aromatic carbocycles. The Morgan fingerprint density at radius 3 is 2.83 bits per heavy atom. The number of thioether (sulfide) groups is 1. The number of aromatic nitrogens is 4. The molecule has 1 N–H and O–H groups in total. The lowest BCUT2D eigenvalue weighted by molar-refractivity contribution is -0.113. The van der Waals surface area contributed by atoms with Crippen LogP contribution in [0, 0.1) is 6.92 Å².